The van der Waals surface area contributed by atoms with E-state index in [1.54, 1.807) is 0 Å². The fourth-order valence-electron chi connectivity index (χ4n) is 2.51. The molecule has 0 atom stereocenters. The molecule has 19 heavy (non-hydrogen) atoms. The predicted octanol–water partition coefficient (Wildman–Crippen LogP) is 3.57. The Kier molecular flexibility index (Phi) is 3.50. The highest BCUT2D eigenvalue weighted by atomic mass is 35.5. The SMILES string of the molecule is CC(C)NCCc1nc2ccc(Cl)cc2n1C1CC1. The van der Waals surface area contributed by atoms with Crippen molar-refractivity contribution in [1.29, 1.82) is 0 Å². The van der Waals surface area contributed by atoms with Crippen LogP contribution in [0.2, 0.25) is 5.02 Å². The third kappa shape index (κ3) is 2.77. The van der Waals surface area contributed by atoms with Crippen molar-refractivity contribution in [3.63, 3.8) is 0 Å². The van der Waals surface area contributed by atoms with Gasteiger partial charge in [0.2, 0.25) is 0 Å². The second-order valence-corrected chi connectivity index (χ2v) is 6.06. The number of aromatic nitrogens is 2. The molecule has 1 N–H and O–H groups in total. The summed E-state index contributed by atoms with van der Waals surface area (Å²) in [7, 11) is 0. The summed E-state index contributed by atoms with van der Waals surface area (Å²) in [5.41, 5.74) is 2.25. The lowest BCUT2D eigenvalue weighted by Gasteiger charge is -2.10. The molecule has 102 valence electrons. The summed E-state index contributed by atoms with van der Waals surface area (Å²) in [5.74, 6) is 1.19. The van der Waals surface area contributed by atoms with Crippen molar-refractivity contribution in [2.45, 2.75) is 45.2 Å². The van der Waals surface area contributed by atoms with Crippen molar-refractivity contribution in [1.82, 2.24) is 14.9 Å². The molecule has 2 aromatic rings. The summed E-state index contributed by atoms with van der Waals surface area (Å²) in [4.78, 5) is 4.78. The lowest BCUT2D eigenvalue weighted by atomic mass is 10.3. The van der Waals surface area contributed by atoms with Crippen LogP contribution in [-0.4, -0.2) is 22.1 Å². The van der Waals surface area contributed by atoms with E-state index in [1.165, 1.54) is 24.2 Å². The number of imidazole rings is 1. The molecule has 0 saturated heterocycles. The predicted molar refractivity (Wildman–Crippen MR) is 79.9 cm³/mol. The van der Waals surface area contributed by atoms with Crippen LogP contribution < -0.4 is 5.32 Å². The zero-order valence-electron chi connectivity index (χ0n) is 11.5. The molecule has 1 aromatic heterocycles. The quantitative estimate of drug-likeness (QED) is 0.906. The van der Waals surface area contributed by atoms with Gasteiger partial charge in [-0.05, 0) is 31.0 Å². The van der Waals surface area contributed by atoms with E-state index in [9.17, 15) is 0 Å². The minimum atomic E-state index is 0.521. The van der Waals surface area contributed by atoms with Crippen LogP contribution in [0.25, 0.3) is 11.0 Å². The molecule has 0 unspecified atom stereocenters. The minimum absolute atomic E-state index is 0.521. The van der Waals surface area contributed by atoms with Gasteiger partial charge in [0, 0.05) is 30.1 Å². The van der Waals surface area contributed by atoms with Gasteiger partial charge in [-0.3, -0.25) is 0 Å². The molecule has 1 saturated carbocycles. The van der Waals surface area contributed by atoms with Crippen molar-refractivity contribution in [3.05, 3.63) is 29.0 Å². The van der Waals surface area contributed by atoms with Crippen molar-refractivity contribution in [2.24, 2.45) is 0 Å². The standard InChI is InChI=1S/C15H20ClN3/c1-10(2)17-8-7-15-18-13-6-3-11(16)9-14(13)19(15)12-4-5-12/h3,6,9-10,12,17H,4-5,7-8H2,1-2H3. The fraction of sp³-hybridized carbons (Fsp3) is 0.533. The molecular weight excluding hydrogens is 258 g/mol. The molecule has 1 aromatic carbocycles. The highest BCUT2D eigenvalue weighted by molar-refractivity contribution is 6.31. The first-order valence-electron chi connectivity index (χ1n) is 7.05. The lowest BCUT2D eigenvalue weighted by molar-refractivity contribution is 0.571. The van der Waals surface area contributed by atoms with Crippen LogP contribution in [0.15, 0.2) is 18.2 Å². The summed E-state index contributed by atoms with van der Waals surface area (Å²) in [6, 6.07) is 7.15. The largest absolute Gasteiger partial charge is 0.325 e. The molecular formula is C15H20ClN3. The first kappa shape index (κ1) is 12.9. The van der Waals surface area contributed by atoms with Gasteiger partial charge < -0.3 is 9.88 Å². The summed E-state index contributed by atoms with van der Waals surface area (Å²) in [5, 5.41) is 4.25. The third-order valence-electron chi connectivity index (χ3n) is 3.54. The molecule has 0 radical (unpaired) electrons. The van der Waals surface area contributed by atoms with Gasteiger partial charge in [-0.15, -0.1) is 0 Å². The molecule has 3 nitrogen and oxygen atoms in total. The average molecular weight is 278 g/mol. The Morgan fingerprint density at radius 2 is 2.21 bits per heavy atom. The molecule has 0 bridgehead atoms. The molecule has 4 heteroatoms. The molecule has 0 amide bonds. The van der Waals surface area contributed by atoms with E-state index >= 15 is 0 Å². The Balaban J connectivity index is 1.91. The zero-order chi connectivity index (χ0) is 13.4. The maximum Gasteiger partial charge on any atom is 0.111 e. The van der Waals surface area contributed by atoms with Gasteiger partial charge in [-0.2, -0.15) is 0 Å². The summed E-state index contributed by atoms with van der Waals surface area (Å²) < 4.78 is 2.39. The Labute approximate surface area is 119 Å². The van der Waals surface area contributed by atoms with Crippen LogP contribution in [0.4, 0.5) is 0 Å². The Morgan fingerprint density at radius 1 is 1.42 bits per heavy atom. The van der Waals surface area contributed by atoms with Crippen molar-refractivity contribution < 1.29 is 0 Å². The maximum atomic E-state index is 6.12. The molecule has 0 spiro atoms. The number of benzene rings is 1. The topological polar surface area (TPSA) is 29.9 Å². The van der Waals surface area contributed by atoms with E-state index in [-0.39, 0.29) is 0 Å². The second-order valence-electron chi connectivity index (χ2n) is 5.62. The summed E-state index contributed by atoms with van der Waals surface area (Å²) in [6.07, 6.45) is 3.51. The highest BCUT2D eigenvalue weighted by Gasteiger charge is 2.27. The van der Waals surface area contributed by atoms with E-state index < -0.39 is 0 Å². The number of hydrogen-bond acceptors (Lipinski definition) is 2. The summed E-state index contributed by atoms with van der Waals surface area (Å²) >= 11 is 6.12. The Bertz CT molecular complexity index is 584. The highest BCUT2D eigenvalue weighted by Crippen LogP contribution is 2.39. The first-order chi connectivity index (χ1) is 9.15. The smallest absolute Gasteiger partial charge is 0.111 e. The monoisotopic (exact) mass is 277 g/mol. The number of hydrogen-bond donors (Lipinski definition) is 1. The van der Waals surface area contributed by atoms with E-state index in [1.807, 2.05) is 18.2 Å². The maximum absolute atomic E-state index is 6.12. The van der Waals surface area contributed by atoms with Gasteiger partial charge in [0.1, 0.15) is 5.82 Å². The number of halogens is 1. The molecule has 0 aliphatic heterocycles. The summed E-state index contributed by atoms with van der Waals surface area (Å²) in [6.45, 7) is 5.31. The first-order valence-corrected chi connectivity index (χ1v) is 7.42. The molecule has 3 rings (SSSR count). The average Bonchev–Trinajstić information content (AvgIpc) is 3.11. The normalized spacial score (nSPS) is 15.6. The van der Waals surface area contributed by atoms with Gasteiger partial charge in [0.05, 0.1) is 11.0 Å². The zero-order valence-corrected chi connectivity index (χ0v) is 12.2. The van der Waals surface area contributed by atoms with Gasteiger partial charge in [0.15, 0.2) is 0 Å². The van der Waals surface area contributed by atoms with Gasteiger partial charge in [-0.25, -0.2) is 4.98 Å². The van der Waals surface area contributed by atoms with E-state index in [2.05, 4.69) is 23.7 Å². The van der Waals surface area contributed by atoms with Crippen LogP contribution in [0.3, 0.4) is 0 Å². The Hall–Kier alpha value is -1.06. The third-order valence-corrected chi connectivity index (χ3v) is 3.77. The number of nitrogens with zero attached hydrogens (tertiary/aromatic N) is 2. The van der Waals surface area contributed by atoms with Crippen molar-refractivity contribution >= 4 is 22.6 Å². The van der Waals surface area contributed by atoms with Gasteiger partial charge in [0.25, 0.3) is 0 Å². The van der Waals surface area contributed by atoms with Crippen LogP contribution in [0, 0.1) is 0 Å². The minimum Gasteiger partial charge on any atom is -0.325 e. The second kappa shape index (κ2) is 5.14. The lowest BCUT2D eigenvalue weighted by Crippen LogP contribution is -2.25. The van der Waals surface area contributed by atoms with Crippen LogP contribution in [-0.2, 0) is 6.42 Å². The molecule has 1 aliphatic carbocycles. The van der Waals surface area contributed by atoms with Gasteiger partial charge in [-0.1, -0.05) is 25.4 Å². The fourth-order valence-corrected chi connectivity index (χ4v) is 2.67. The molecule has 1 heterocycles. The van der Waals surface area contributed by atoms with Crippen LogP contribution in [0.5, 0.6) is 0 Å². The van der Waals surface area contributed by atoms with Crippen molar-refractivity contribution in [2.75, 3.05) is 6.54 Å². The molecule has 1 aliphatic rings. The van der Waals surface area contributed by atoms with Gasteiger partial charge >= 0.3 is 0 Å². The van der Waals surface area contributed by atoms with Crippen LogP contribution >= 0.6 is 11.6 Å². The number of nitrogens with one attached hydrogen (secondary N) is 1. The van der Waals surface area contributed by atoms with Crippen LogP contribution in [0.1, 0.15) is 38.6 Å². The number of fused-ring (bicyclic) bond motifs is 1. The van der Waals surface area contributed by atoms with E-state index in [0.29, 0.717) is 12.1 Å². The molecule has 1 fully saturated rings. The van der Waals surface area contributed by atoms with E-state index in [0.717, 1.165) is 23.5 Å². The van der Waals surface area contributed by atoms with E-state index in [4.69, 9.17) is 16.6 Å². The Morgan fingerprint density at radius 3 is 2.89 bits per heavy atom. The number of rotatable bonds is 5. The van der Waals surface area contributed by atoms with Crippen molar-refractivity contribution in [3.8, 4) is 0 Å².